The lowest BCUT2D eigenvalue weighted by Gasteiger charge is -2.05. The van der Waals surface area contributed by atoms with E-state index in [1.54, 1.807) is 0 Å². The number of aryl methyl sites for hydroxylation is 2. The van der Waals surface area contributed by atoms with Gasteiger partial charge in [-0.1, -0.05) is 29.3 Å². The smallest absolute Gasteiger partial charge is 0.248 e. The molecule has 1 N–H and O–H groups in total. The van der Waals surface area contributed by atoms with Gasteiger partial charge in [-0.15, -0.1) is 0 Å². The number of amides is 1. The molecule has 0 saturated carbocycles. The van der Waals surface area contributed by atoms with E-state index in [1.807, 2.05) is 32.0 Å². The highest BCUT2D eigenvalue weighted by Gasteiger charge is 2.06. The van der Waals surface area contributed by atoms with Crippen LogP contribution in [0.1, 0.15) is 21.5 Å². The number of nitrogens with one attached hydrogen (secondary N) is 1. The van der Waals surface area contributed by atoms with Crippen LogP contribution in [0, 0.1) is 13.8 Å². The van der Waals surface area contributed by atoms with Crippen LogP contribution in [0.4, 0.5) is 5.69 Å². The van der Waals surface area contributed by atoms with Gasteiger partial charge in [-0.3, -0.25) is 9.59 Å². The highest BCUT2D eigenvalue weighted by molar-refractivity contribution is 6.35. The van der Waals surface area contributed by atoms with Crippen molar-refractivity contribution in [2.75, 3.05) is 5.32 Å². The Morgan fingerprint density at radius 3 is 2.00 bits per heavy atom. The quantitative estimate of drug-likeness (QED) is 0.625. The number of benzene rings is 2. The third-order valence-electron chi connectivity index (χ3n) is 3.02. The molecule has 118 valence electrons. The predicted octanol–water partition coefficient (Wildman–Crippen LogP) is 4.99. The van der Waals surface area contributed by atoms with Crippen molar-refractivity contribution in [1.29, 1.82) is 0 Å². The molecule has 0 aliphatic rings. The molecule has 23 heavy (non-hydrogen) atoms. The van der Waals surface area contributed by atoms with Crippen molar-refractivity contribution in [3.8, 4) is 0 Å². The fourth-order valence-electron chi connectivity index (χ4n) is 2.17. The fraction of sp³-hybridized carbons (Fsp3) is 0.111. The maximum atomic E-state index is 12.0. The van der Waals surface area contributed by atoms with Crippen molar-refractivity contribution in [2.45, 2.75) is 13.8 Å². The molecule has 2 aromatic rings. The number of carbonyl (C=O) groups excluding carboxylic acids is 2. The van der Waals surface area contributed by atoms with Crippen molar-refractivity contribution < 1.29 is 9.59 Å². The molecule has 0 fully saturated rings. The normalized spacial score (nSPS) is 10.8. The number of allylic oxidation sites excluding steroid dienone is 1. The van der Waals surface area contributed by atoms with Crippen molar-refractivity contribution in [2.24, 2.45) is 0 Å². The van der Waals surface area contributed by atoms with Crippen LogP contribution in [0.5, 0.6) is 0 Å². The first-order chi connectivity index (χ1) is 10.8. The van der Waals surface area contributed by atoms with E-state index in [0.717, 1.165) is 11.1 Å². The van der Waals surface area contributed by atoms with E-state index >= 15 is 0 Å². The average molecular weight is 348 g/mol. The van der Waals surface area contributed by atoms with E-state index < -0.39 is 0 Å². The highest BCUT2D eigenvalue weighted by atomic mass is 35.5. The summed E-state index contributed by atoms with van der Waals surface area (Å²) in [7, 11) is 0. The Labute approximate surface area is 144 Å². The van der Waals surface area contributed by atoms with Gasteiger partial charge in [0.25, 0.3) is 0 Å². The lowest BCUT2D eigenvalue weighted by atomic mass is 10.1. The minimum absolute atomic E-state index is 0.331. The molecule has 0 aliphatic carbocycles. The maximum absolute atomic E-state index is 12.0. The Hall–Kier alpha value is -2.10. The monoisotopic (exact) mass is 347 g/mol. The van der Waals surface area contributed by atoms with E-state index in [0.29, 0.717) is 21.3 Å². The summed E-state index contributed by atoms with van der Waals surface area (Å²) in [5.74, 6) is -0.721. The van der Waals surface area contributed by atoms with Gasteiger partial charge in [0.2, 0.25) is 5.91 Å². The number of halogens is 2. The average Bonchev–Trinajstić information content (AvgIpc) is 2.42. The van der Waals surface area contributed by atoms with Crippen LogP contribution in [-0.2, 0) is 4.79 Å². The summed E-state index contributed by atoms with van der Waals surface area (Å²) in [6, 6.07) is 10.3. The molecule has 1 amide bonds. The molecular weight excluding hydrogens is 333 g/mol. The van der Waals surface area contributed by atoms with Gasteiger partial charge in [0.05, 0.1) is 0 Å². The second-order valence-electron chi connectivity index (χ2n) is 5.22. The van der Waals surface area contributed by atoms with Gasteiger partial charge in [-0.25, -0.2) is 0 Å². The van der Waals surface area contributed by atoms with Crippen molar-refractivity contribution >= 4 is 40.6 Å². The minimum Gasteiger partial charge on any atom is -0.322 e. The Morgan fingerprint density at radius 2 is 1.43 bits per heavy atom. The van der Waals surface area contributed by atoms with Gasteiger partial charge in [-0.2, -0.15) is 0 Å². The van der Waals surface area contributed by atoms with Crippen LogP contribution in [0.15, 0.2) is 48.6 Å². The third-order valence-corrected chi connectivity index (χ3v) is 3.46. The molecule has 0 spiro atoms. The topological polar surface area (TPSA) is 46.2 Å². The molecule has 0 atom stereocenters. The summed E-state index contributed by atoms with van der Waals surface area (Å²) < 4.78 is 0. The number of ketones is 1. The molecule has 0 saturated heterocycles. The Balaban J connectivity index is 2.06. The van der Waals surface area contributed by atoms with Crippen molar-refractivity contribution in [1.82, 2.24) is 0 Å². The summed E-state index contributed by atoms with van der Waals surface area (Å²) in [5.41, 5.74) is 3.12. The van der Waals surface area contributed by atoms with Gasteiger partial charge >= 0.3 is 0 Å². The van der Waals surface area contributed by atoms with E-state index in [1.165, 1.54) is 30.4 Å². The molecule has 5 heteroatoms. The lowest BCUT2D eigenvalue weighted by Crippen LogP contribution is -2.09. The molecule has 2 rings (SSSR count). The first kappa shape index (κ1) is 17.3. The zero-order valence-corrected chi connectivity index (χ0v) is 14.2. The van der Waals surface area contributed by atoms with Crippen LogP contribution < -0.4 is 5.32 Å². The standard InChI is InChI=1S/C18H15Cl2NO2/c1-11-5-12(2)7-16(6-11)21-18(23)4-3-17(22)13-8-14(19)10-15(20)9-13/h3-10H,1-2H3,(H,21,23). The first-order valence-corrected chi connectivity index (χ1v) is 7.67. The van der Waals surface area contributed by atoms with E-state index in [9.17, 15) is 9.59 Å². The van der Waals surface area contributed by atoms with Crippen LogP contribution in [0.2, 0.25) is 10.0 Å². The van der Waals surface area contributed by atoms with E-state index in [-0.39, 0.29) is 11.7 Å². The van der Waals surface area contributed by atoms with Crippen LogP contribution >= 0.6 is 23.2 Å². The molecule has 0 radical (unpaired) electrons. The Bertz CT molecular complexity index is 757. The maximum Gasteiger partial charge on any atom is 0.248 e. The van der Waals surface area contributed by atoms with Crippen LogP contribution in [-0.4, -0.2) is 11.7 Å². The summed E-state index contributed by atoms with van der Waals surface area (Å²) in [6.07, 6.45) is 2.38. The Kier molecular flexibility index (Phi) is 5.59. The van der Waals surface area contributed by atoms with E-state index in [4.69, 9.17) is 23.2 Å². The molecular formula is C18H15Cl2NO2. The predicted molar refractivity (Wildman–Crippen MR) is 94.5 cm³/mol. The Morgan fingerprint density at radius 1 is 0.870 bits per heavy atom. The van der Waals surface area contributed by atoms with Gasteiger partial charge in [0.15, 0.2) is 5.78 Å². The molecule has 2 aromatic carbocycles. The molecule has 0 heterocycles. The minimum atomic E-state index is -0.378. The first-order valence-electron chi connectivity index (χ1n) is 6.91. The van der Waals surface area contributed by atoms with Gasteiger partial charge < -0.3 is 5.32 Å². The zero-order chi connectivity index (χ0) is 17.0. The van der Waals surface area contributed by atoms with Gasteiger partial charge in [0, 0.05) is 27.4 Å². The summed E-state index contributed by atoms with van der Waals surface area (Å²) >= 11 is 11.7. The van der Waals surface area contributed by atoms with Gasteiger partial charge in [0.1, 0.15) is 0 Å². The van der Waals surface area contributed by atoms with Crippen LogP contribution in [0.3, 0.4) is 0 Å². The fourth-order valence-corrected chi connectivity index (χ4v) is 2.70. The third kappa shape index (κ3) is 5.23. The number of hydrogen-bond donors (Lipinski definition) is 1. The second kappa shape index (κ2) is 7.44. The summed E-state index contributed by atoms with van der Waals surface area (Å²) in [6.45, 7) is 3.90. The second-order valence-corrected chi connectivity index (χ2v) is 6.09. The van der Waals surface area contributed by atoms with Crippen LogP contribution in [0.25, 0.3) is 0 Å². The molecule has 3 nitrogen and oxygen atoms in total. The largest absolute Gasteiger partial charge is 0.322 e. The number of hydrogen-bond acceptors (Lipinski definition) is 2. The van der Waals surface area contributed by atoms with Crippen molar-refractivity contribution in [3.63, 3.8) is 0 Å². The number of anilines is 1. The number of rotatable bonds is 4. The zero-order valence-electron chi connectivity index (χ0n) is 12.7. The number of carbonyl (C=O) groups is 2. The highest BCUT2D eigenvalue weighted by Crippen LogP contribution is 2.19. The van der Waals surface area contributed by atoms with Gasteiger partial charge in [-0.05, 0) is 61.4 Å². The molecule has 0 bridgehead atoms. The summed E-state index contributed by atoms with van der Waals surface area (Å²) in [5, 5.41) is 3.46. The van der Waals surface area contributed by atoms with Crippen molar-refractivity contribution in [3.05, 3.63) is 75.3 Å². The SMILES string of the molecule is Cc1cc(C)cc(NC(=O)C=CC(=O)c2cc(Cl)cc(Cl)c2)c1. The molecule has 0 unspecified atom stereocenters. The van der Waals surface area contributed by atoms with E-state index in [2.05, 4.69) is 5.32 Å². The molecule has 0 aliphatic heterocycles. The lowest BCUT2D eigenvalue weighted by molar-refractivity contribution is -0.111. The molecule has 0 aromatic heterocycles. The summed E-state index contributed by atoms with van der Waals surface area (Å²) in [4.78, 5) is 23.9.